The smallest absolute Gasteiger partial charge is 0.238 e. The van der Waals surface area contributed by atoms with Crippen molar-refractivity contribution in [2.24, 2.45) is 10.8 Å². The first kappa shape index (κ1) is 82.4. The lowest BCUT2D eigenvalue weighted by molar-refractivity contribution is -0.0945. The summed E-state index contributed by atoms with van der Waals surface area (Å²) in [5.74, 6) is 0.432. The number of fused-ring (bicyclic) bond motifs is 6. The van der Waals surface area contributed by atoms with Crippen LogP contribution in [0, 0.1) is 64.4 Å². The van der Waals surface area contributed by atoms with E-state index in [2.05, 4.69) is 310 Å². The number of phenols is 2. The first-order chi connectivity index (χ1) is 48.5. The zero-order valence-electron chi connectivity index (χ0n) is 72.3. The van der Waals surface area contributed by atoms with Crippen molar-refractivity contribution in [3.8, 4) is 56.6 Å². The van der Waals surface area contributed by atoms with Gasteiger partial charge in [-0.15, -0.1) is 0 Å². The van der Waals surface area contributed by atoms with Gasteiger partial charge in [-0.25, -0.2) is 8.78 Å². The molecule has 2 atom stereocenters. The third kappa shape index (κ3) is 16.0. The minimum absolute atomic E-state index is 0.0416. The molecule has 8 aromatic carbocycles. The number of nitrogens with zero attached hydrogens (tertiary/aromatic N) is 2. The monoisotopic (exact) mass is 1480 g/mol. The lowest BCUT2D eigenvalue weighted by atomic mass is 9.71. The number of phenolic OH excluding ortho intramolecular Hbond substituents is 2. The molecule has 2 aromatic heterocycles. The van der Waals surface area contributed by atoms with Crippen molar-refractivity contribution < 1.29 is 27.7 Å². The predicted molar refractivity (Wildman–Crippen MR) is 465 cm³/mol. The van der Waals surface area contributed by atoms with E-state index in [0.717, 1.165) is 57.2 Å². The van der Waals surface area contributed by atoms with E-state index in [1.165, 1.54) is 54.2 Å². The maximum Gasteiger partial charge on any atom is 0.238 e. The van der Waals surface area contributed by atoms with Crippen LogP contribution in [0.15, 0.2) is 97.1 Å². The molecular weight excluding hydrogens is 1350 g/mol. The molecule has 0 saturated carbocycles. The largest absolute Gasteiger partial charge is 0.709 e. The molecule has 0 aliphatic heterocycles. The van der Waals surface area contributed by atoms with E-state index >= 15 is 8.78 Å². The lowest BCUT2D eigenvalue weighted by Crippen LogP contribution is -2.38. The third-order valence-electron chi connectivity index (χ3n) is 22.6. The number of halogens is 2. The Hall–Kier alpha value is -7.15. The van der Waals surface area contributed by atoms with Gasteiger partial charge < -0.3 is 28.1 Å². The summed E-state index contributed by atoms with van der Waals surface area (Å²) in [6.45, 7) is 77.3. The second kappa shape index (κ2) is 27.4. The standard InChI is InChI=1S/C97H132F2N2O4Si2/c1-56-37-72(92(13,14)15)82-76(39-56)100(78-52-66(106(31,32)33)50-74(84(78)82)94(19,20)21)80-46-62(96(25,26)54-90(7,8)9)44-68(86(80)102)70-48-64(98)41-58(3)88(70)104(29)60(5)43-61(6)105(30)89-59(4)42-65(99)49-71(89)69-45-63(97(27,28)55-91(10,11)12)47-81(87(69)103)101-77-40-57(2)38-73(93(16,17)18)83(77)85-75(95(22,23)24)51-67(53-79(85)101)107(34,35)36/h37-42,44-53,60-61,102-103H,29-30,43,54-55H2,1-28,31-36H3. The number of aromatic nitrogens is 2. The van der Waals surface area contributed by atoms with Gasteiger partial charge in [-0.2, -0.15) is 0 Å². The van der Waals surface area contributed by atoms with Gasteiger partial charge in [0.05, 0.1) is 60.7 Å². The van der Waals surface area contributed by atoms with E-state index in [1.54, 1.807) is 24.3 Å². The van der Waals surface area contributed by atoms with Gasteiger partial charge in [-0.05, 0) is 215 Å². The van der Waals surface area contributed by atoms with Gasteiger partial charge in [0.15, 0.2) is 12.2 Å². The van der Waals surface area contributed by atoms with Gasteiger partial charge in [0, 0.05) is 57.6 Å². The minimum Gasteiger partial charge on any atom is -0.709 e. The Morgan fingerprint density at radius 1 is 0.383 bits per heavy atom. The van der Waals surface area contributed by atoms with Crippen LogP contribution in [0.25, 0.3) is 77.2 Å². The number of benzene rings is 8. The first-order valence-electron chi connectivity index (χ1n) is 39.2. The molecule has 0 saturated heterocycles. The van der Waals surface area contributed by atoms with Crippen LogP contribution in [0.4, 0.5) is 8.78 Å². The molecule has 2 heterocycles. The highest BCUT2D eigenvalue weighted by Crippen LogP contribution is 2.55. The molecule has 10 heteroatoms. The van der Waals surface area contributed by atoms with Crippen LogP contribution in [0.3, 0.4) is 0 Å². The summed E-state index contributed by atoms with van der Waals surface area (Å²) in [5, 5.41) is 35.1. The molecule has 107 heavy (non-hydrogen) atoms. The predicted octanol–water partition coefficient (Wildman–Crippen LogP) is 27.8. The Labute approximate surface area is 646 Å². The van der Waals surface area contributed by atoms with Crippen LogP contribution >= 0.6 is 0 Å². The molecule has 0 spiro atoms. The highest BCUT2D eigenvalue weighted by Gasteiger charge is 2.39. The fourth-order valence-electron chi connectivity index (χ4n) is 17.8. The lowest BCUT2D eigenvalue weighted by Gasteiger charge is -2.41. The SMILES string of the molecule is [CH2-][O+](c1c(C)cc(F)cc1-c1cc(C(C)(C)CC(C)(C)C)cc(-n2c3cc(C)cc(C(C)(C)C)c3c3c(C(C)(C)C)cc([Si](C)(C)C)cc32)c1O)C(C)CC(C)[O+]([CH2-])c1c(C)cc(F)cc1-c1cc(C(C)(C)CC(C)(C)C)cc(-n2c3cc(C)cc(C(C)(C)C)c3c3c(C(C)(C)C)cc([Si](C)(C)C)cc32)c1O. The summed E-state index contributed by atoms with van der Waals surface area (Å²) in [6.07, 6.45) is 1.25. The normalized spacial score (nSPS) is 14.2. The second-order valence-electron chi connectivity index (χ2n) is 42.4. The van der Waals surface area contributed by atoms with Gasteiger partial charge in [0.25, 0.3) is 0 Å². The number of hydrogen-bond acceptors (Lipinski definition) is 2. The van der Waals surface area contributed by atoms with Crippen LogP contribution in [-0.4, -0.2) is 47.7 Å². The summed E-state index contributed by atoms with van der Waals surface area (Å²) in [5.41, 5.74) is 16.0. The molecule has 10 rings (SSSR count). The van der Waals surface area contributed by atoms with Crippen LogP contribution in [0.1, 0.15) is 241 Å². The van der Waals surface area contributed by atoms with Crippen LogP contribution in [-0.2, 0) is 41.2 Å². The quantitative estimate of drug-likeness (QED) is 0.0575. The molecular formula is C97H132F2N2O4Si2. The van der Waals surface area contributed by atoms with Gasteiger partial charge in [-0.1, -0.05) is 226 Å². The Bertz CT molecular complexity index is 4830. The van der Waals surface area contributed by atoms with Crippen LogP contribution < -0.4 is 10.4 Å². The van der Waals surface area contributed by atoms with E-state index in [-0.39, 0.29) is 44.0 Å². The van der Waals surface area contributed by atoms with Crippen molar-refractivity contribution in [3.05, 3.63) is 179 Å². The molecule has 2 N–H and O–H groups in total. The Morgan fingerprint density at radius 2 is 0.664 bits per heavy atom. The second-order valence-corrected chi connectivity index (χ2v) is 52.5. The maximum absolute atomic E-state index is 16.9. The van der Waals surface area contributed by atoms with Crippen molar-refractivity contribution in [2.75, 3.05) is 0 Å². The Kier molecular flexibility index (Phi) is 21.1. The van der Waals surface area contributed by atoms with Crippen molar-refractivity contribution >= 4 is 70.1 Å². The van der Waals surface area contributed by atoms with E-state index in [0.29, 0.717) is 62.7 Å². The van der Waals surface area contributed by atoms with E-state index < -0.39 is 50.8 Å². The summed E-state index contributed by atoms with van der Waals surface area (Å²) in [6, 6.07) is 33.9. The molecule has 0 aliphatic carbocycles. The fourth-order valence-corrected chi connectivity index (χ4v) is 20.1. The summed E-state index contributed by atoms with van der Waals surface area (Å²) in [4.78, 5) is 0. The number of aryl methyl sites for hydroxylation is 4. The molecule has 0 fully saturated rings. The fraction of sp³-hybridized carbons (Fsp3) is 0.485. The molecule has 2 unspecified atom stereocenters. The number of rotatable bonds is 16. The van der Waals surface area contributed by atoms with Crippen molar-refractivity contribution in [1.82, 2.24) is 9.13 Å². The highest BCUT2D eigenvalue weighted by molar-refractivity contribution is 6.89. The molecule has 0 bridgehead atoms. The molecule has 0 amide bonds. The number of aromatic hydroxyl groups is 2. The first-order valence-corrected chi connectivity index (χ1v) is 46.2. The summed E-state index contributed by atoms with van der Waals surface area (Å²) >= 11 is 0. The topological polar surface area (TPSA) is 55.7 Å². The minimum atomic E-state index is -1.98. The summed E-state index contributed by atoms with van der Waals surface area (Å²) < 4.78 is 44.9. The van der Waals surface area contributed by atoms with E-state index in [1.807, 2.05) is 13.8 Å². The van der Waals surface area contributed by atoms with Crippen molar-refractivity contribution in [1.29, 1.82) is 0 Å². The average Bonchev–Trinajstić information content (AvgIpc) is 1.52. The Morgan fingerprint density at radius 3 is 0.935 bits per heavy atom. The van der Waals surface area contributed by atoms with Gasteiger partial charge in [0.2, 0.25) is 11.5 Å². The molecule has 6 nitrogen and oxygen atoms in total. The number of hydrogen-bond donors (Lipinski definition) is 2. The van der Waals surface area contributed by atoms with Gasteiger partial charge in [-0.3, -0.25) is 0 Å². The average molecular weight is 1480 g/mol. The van der Waals surface area contributed by atoms with E-state index in [9.17, 15) is 10.2 Å². The third-order valence-corrected chi connectivity index (χ3v) is 26.6. The maximum atomic E-state index is 16.9. The highest BCUT2D eigenvalue weighted by atomic mass is 28.3. The van der Waals surface area contributed by atoms with Gasteiger partial charge in [0.1, 0.15) is 29.6 Å². The van der Waals surface area contributed by atoms with Gasteiger partial charge >= 0.3 is 0 Å². The zero-order chi connectivity index (χ0) is 80.4. The van der Waals surface area contributed by atoms with E-state index in [4.69, 9.17) is 14.2 Å². The molecule has 10 aromatic rings. The summed E-state index contributed by atoms with van der Waals surface area (Å²) in [7, 11) is 5.64. The Balaban J connectivity index is 1.18. The molecule has 0 radical (unpaired) electrons. The zero-order valence-corrected chi connectivity index (χ0v) is 74.3. The van der Waals surface area contributed by atoms with Crippen LogP contribution in [0.2, 0.25) is 39.3 Å². The van der Waals surface area contributed by atoms with Crippen LogP contribution in [0.5, 0.6) is 23.0 Å². The van der Waals surface area contributed by atoms with Crippen molar-refractivity contribution in [3.63, 3.8) is 0 Å². The molecule has 576 valence electrons. The van der Waals surface area contributed by atoms with Crippen molar-refractivity contribution in [2.45, 2.75) is 297 Å². The molecule has 0 aliphatic rings.